The summed E-state index contributed by atoms with van der Waals surface area (Å²) >= 11 is 0. The molecule has 84 valence electrons. The van der Waals surface area contributed by atoms with Crippen LogP contribution in [0.25, 0.3) is 0 Å². The van der Waals surface area contributed by atoms with E-state index in [4.69, 9.17) is 11.0 Å². The second-order valence-electron chi connectivity index (χ2n) is 4.39. The molecule has 16 heavy (non-hydrogen) atoms. The first-order valence-electron chi connectivity index (χ1n) is 5.39. The summed E-state index contributed by atoms with van der Waals surface area (Å²) in [5.41, 5.74) is 5.94. The summed E-state index contributed by atoms with van der Waals surface area (Å²) in [7, 11) is 0. The molecule has 1 saturated carbocycles. The second kappa shape index (κ2) is 4.06. The summed E-state index contributed by atoms with van der Waals surface area (Å²) in [6, 6.07) is 2.02. The Balaban J connectivity index is 2.22. The predicted octanol–water partition coefficient (Wildman–Crippen LogP) is 0.888. The highest BCUT2D eigenvalue weighted by molar-refractivity contribution is 5.49. The molecule has 1 fully saturated rings. The minimum absolute atomic E-state index is 0.179. The number of nitrogens with zero attached hydrogens (tertiary/aromatic N) is 3. The number of nitrogens with two attached hydrogens (primary N) is 1. The van der Waals surface area contributed by atoms with Crippen LogP contribution in [0.2, 0.25) is 0 Å². The van der Waals surface area contributed by atoms with E-state index in [9.17, 15) is 0 Å². The van der Waals surface area contributed by atoms with Crippen LogP contribution in [0.1, 0.15) is 25.5 Å². The van der Waals surface area contributed by atoms with Crippen molar-refractivity contribution in [3.05, 3.63) is 18.1 Å². The molecule has 5 heteroatoms. The highest BCUT2D eigenvalue weighted by Crippen LogP contribution is 2.40. The van der Waals surface area contributed by atoms with E-state index < -0.39 is 0 Å². The van der Waals surface area contributed by atoms with Crippen molar-refractivity contribution in [3.63, 3.8) is 0 Å². The molecular formula is C11H15N5. The molecule has 0 bridgehead atoms. The smallest absolute Gasteiger partial charge is 0.182 e. The first-order chi connectivity index (χ1) is 7.69. The summed E-state index contributed by atoms with van der Waals surface area (Å²) in [5.74, 6) is 1.11. The van der Waals surface area contributed by atoms with Gasteiger partial charge in [-0.05, 0) is 25.7 Å². The number of hydrogen-bond acceptors (Lipinski definition) is 5. The average molecular weight is 217 g/mol. The average Bonchev–Trinajstić information content (AvgIpc) is 3.14. The number of hydrogen-bond donors (Lipinski definition) is 2. The molecule has 0 aliphatic heterocycles. The van der Waals surface area contributed by atoms with Gasteiger partial charge in [-0.3, -0.25) is 0 Å². The maximum absolute atomic E-state index is 8.92. The van der Waals surface area contributed by atoms with Crippen LogP contribution >= 0.6 is 0 Å². The van der Waals surface area contributed by atoms with Gasteiger partial charge in [-0.2, -0.15) is 5.26 Å². The van der Waals surface area contributed by atoms with Crippen molar-refractivity contribution in [1.29, 1.82) is 5.26 Å². The van der Waals surface area contributed by atoms with E-state index in [0.717, 1.165) is 0 Å². The van der Waals surface area contributed by atoms with E-state index in [2.05, 4.69) is 22.2 Å². The van der Waals surface area contributed by atoms with Crippen molar-refractivity contribution in [2.75, 3.05) is 11.9 Å². The first kappa shape index (κ1) is 10.8. The normalized spacial score (nSPS) is 18.6. The molecule has 1 aliphatic carbocycles. The zero-order chi connectivity index (χ0) is 11.6. The van der Waals surface area contributed by atoms with E-state index in [1.165, 1.54) is 19.0 Å². The lowest BCUT2D eigenvalue weighted by Crippen LogP contribution is -2.45. The summed E-state index contributed by atoms with van der Waals surface area (Å²) in [5, 5.41) is 12.2. The number of rotatable bonds is 4. The largest absolute Gasteiger partial charge is 0.361 e. The fraction of sp³-hybridized carbons (Fsp3) is 0.545. The Morgan fingerprint density at radius 3 is 2.81 bits per heavy atom. The Bertz CT molecular complexity index is 421. The Hall–Kier alpha value is -1.67. The van der Waals surface area contributed by atoms with E-state index in [1.807, 2.05) is 6.07 Å². The van der Waals surface area contributed by atoms with Gasteiger partial charge in [0.25, 0.3) is 0 Å². The molecule has 1 aromatic heterocycles. The topological polar surface area (TPSA) is 87.6 Å². The highest BCUT2D eigenvalue weighted by Gasteiger charge is 2.41. The van der Waals surface area contributed by atoms with Gasteiger partial charge in [0.05, 0.1) is 5.54 Å². The van der Waals surface area contributed by atoms with Crippen LogP contribution in [0.5, 0.6) is 0 Å². The Labute approximate surface area is 94.7 Å². The number of aromatic nitrogens is 2. The van der Waals surface area contributed by atoms with E-state index in [0.29, 0.717) is 24.0 Å². The van der Waals surface area contributed by atoms with Crippen LogP contribution in [-0.2, 0) is 0 Å². The molecule has 0 amide bonds. The number of nitriles is 1. The van der Waals surface area contributed by atoms with Crippen molar-refractivity contribution in [2.45, 2.75) is 25.3 Å². The van der Waals surface area contributed by atoms with Gasteiger partial charge in [-0.1, -0.05) is 0 Å². The van der Waals surface area contributed by atoms with Gasteiger partial charge in [0.15, 0.2) is 11.5 Å². The quantitative estimate of drug-likeness (QED) is 0.782. The molecule has 1 atom stereocenters. The standard InChI is InChI=1S/C11H15N5/c1-11(7-13,8-2-3-8)16-10-9(6-12)14-4-5-15-10/h4-5,8H,2-3,7,13H2,1H3,(H,15,16). The lowest BCUT2D eigenvalue weighted by atomic mass is 9.96. The summed E-state index contributed by atoms with van der Waals surface area (Å²) in [6.07, 6.45) is 5.46. The third-order valence-corrected chi connectivity index (χ3v) is 3.11. The maximum atomic E-state index is 8.92. The maximum Gasteiger partial charge on any atom is 0.182 e. The second-order valence-corrected chi connectivity index (χ2v) is 4.39. The Kier molecular flexibility index (Phi) is 2.75. The Morgan fingerprint density at radius 2 is 2.25 bits per heavy atom. The fourth-order valence-corrected chi connectivity index (χ4v) is 1.82. The molecule has 2 rings (SSSR count). The van der Waals surface area contributed by atoms with Crippen molar-refractivity contribution in [3.8, 4) is 6.07 Å². The molecular weight excluding hydrogens is 202 g/mol. The van der Waals surface area contributed by atoms with Crippen molar-refractivity contribution >= 4 is 5.82 Å². The number of nitrogens with one attached hydrogen (secondary N) is 1. The van der Waals surface area contributed by atoms with Gasteiger partial charge < -0.3 is 11.1 Å². The van der Waals surface area contributed by atoms with Crippen LogP contribution in [0.4, 0.5) is 5.82 Å². The van der Waals surface area contributed by atoms with E-state index >= 15 is 0 Å². The van der Waals surface area contributed by atoms with Crippen molar-refractivity contribution < 1.29 is 0 Å². The first-order valence-corrected chi connectivity index (χ1v) is 5.39. The van der Waals surface area contributed by atoms with E-state index in [1.54, 1.807) is 6.20 Å². The molecule has 0 radical (unpaired) electrons. The minimum atomic E-state index is -0.179. The SMILES string of the molecule is CC(CN)(Nc1nccnc1C#N)C1CC1. The molecule has 1 heterocycles. The third-order valence-electron chi connectivity index (χ3n) is 3.11. The zero-order valence-corrected chi connectivity index (χ0v) is 9.27. The molecule has 5 nitrogen and oxygen atoms in total. The Morgan fingerprint density at radius 1 is 1.56 bits per heavy atom. The molecule has 0 aromatic carbocycles. The van der Waals surface area contributed by atoms with Gasteiger partial charge in [0.1, 0.15) is 6.07 Å². The van der Waals surface area contributed by atoms with Crippen LogP contribution in [0, 0.1) is 17.2 Å². The molecule has 1 aliphatic rings. The molecule has 1 aromatic rings. The summed E-state index contributed by atoms with van der Waals surface area (Å²) in [4.78, 5) is 8.11. The highest BCUT2D eigenvalue weighted by atomic mass is 15.1. The van der Waals surface area contributed by atoms with E-state index in [-0.39, 0.29) is 5.54 Å². The van der Waals surface area contributed by atoms with Crippen LogP contribution in [0.15, 0.2) is 12.4 Å². The van der Waals surface area contributed by atoms with Crippen LogP contribution in [0.3, 0.4) is 0 Å². The van der Waals surface area contributed by atoms with Gasteiger partial charge >= 0.3 is 0 Å². The summed E-state index contributed by atoms with van der Waals surface area (Å²) in [6.45, 7) is 2.60. The van der Waals surface area contributed by atoms with Crippen molar-refractivity contribution in [1.82, 2.24) is 9.97 Å². The van der Waals surface area contributed by atoms with Gasteiger partial charge in [-0.25, -0.2) is 9.97 Å². The monoisotopic (exact) mass is 217 g/mol. The minimum Gasteiger partial charge on any atom is -0.361 e. The van der Waals surface area contributed by atoms with Gasteiger partial charge in [0, 0.05) is 18.9 Å². The van der Waals surface area contributed by atoms with Gasteiger partial charge in [-0.15, -0.1) is 0 Å². The molecule has 0 spiro atoms. The molecule has 0 saturated heterocycles. The van der Waals surface area contributed by atoms with Crippen LogP contribution < -0.4 is 11.1 Å². The van der Waals surface area contributed by atoms with Crippen LogP contribution in [-0.4, -0.2) is 22.1 Å². The molecule has 3 N–H and O–H groups in total. The summed E-state index contributed by atoms with van der Waals surface area (Å²) < 4.78 is 0. The lowest BCUT2D eigenvalue weighted by molar-refractivity contribution is 0.457. The van der Waals surface area contributed by atoms with Crippen molar-refractivity contribution in [2.24, 2.45) is 11.7 Å². The lowest BCUT2D eigenvalue weighted by Gasteiger charge is -2.30. The zero-order valence-electron chi connectivity index (χ0n) is 9.27. The fourth-order valence-electron chi connectivity index (χ4n) is 1.82. The third kappa shape index (κ3) is 1.97. The number of anilines is 1. The predicted molar refractivity (Wildman–Crippen MR) is 60.6 cm³/mol. The van der Waals surface area contributed by atoms with Gasteiger partial charge in [0.2, 0.25) is 0 Å². The molecule has 1 unspecified atom stereocenters.